The zero-order valence-electron chi connectivity index (χ0n) is 12.8. The number of nitrogens with zero attached hydrogens (tertiary/aromatic N) is 2. The molecule has 23 heavy (non-hydrogen) atoms. The molecular formula is C13H18BrClN4O3S. The Bertz CT molecular complexity index is 795. The average Bonchev–Trinajstić information content (AvgIpc) is 2.87. The summed E-state index contributed by atoms with van der Waals surface area (Å²) in [7, 11) is -1.98. The number of nitrogens with one attached hydrogen (secondary N) is 1. The van der Waals surface area contributed by atoms with Crippen LogP contribution in [0.3, 0.4) is 0 Å². The summed E-state index contributed by atoms with van der Waals surface area (Å²) < 4.78 is 29.1. The van der Waals surface area contributed by atoms with Gasteiger partial charge in [-0.1, -0.05) is 21.1 Å². The van der Waals surface area contributed by atoms with Crippen molar-refractivity contribution in [2.24, 2.45) is 5.14 Å². The summed E-state index contributed by atoms with van der Waals surface area (Å²) in [5.74, 6) is 0.815. The normalized spacial score (nSPS) is 12.7. The van der Waals surface area contributed by atoms with Gasteiger partial charge in [0.25, 0.3) is 5.89 Å². The molecule has 0 saturated heterocycles. The molecule has 128 valence electrons. The van der Waals surface area contributed by atoms with E-state index in [1.54, 1.807) is 13.0 Å². The van der Waals surface area contributed by atoms with Crippen LogP contribution in [0.5, 0.6) is 0 Å². The second kappa shape index (κ2) is 7.71. The number of primary sulfonamides is 1. The van der Waals surface area contributed by atoms with Gasteiger partial charge in [-0.3, -0.25) is 0 Å². The van der Waals surface area contributed by atoms with E-state index in [1.807, 2.05) is 14.0 Å². The molecular weight excluding hydrogens is 408 g/mol. The van der Waals surface area contributed by atoms with Crippen LogP contribution in [0, 0.1) is 6.92 Å². The third-order valence-electron chi connectivity index (χ3n) is 3.31. The largest absolute Gasteiger partial charge is 0.334 e. The first-order valence-electron chi connectivity index (χ1n) is 6.55. The molecule has 1 unspecified atom stereocenters. The fourth-order valence-corrected chi connectivity index (χ4v) is 3.43. The van der Waals surface area contributed by atoms with Crippen LogP contribution in [0.15, 0.2) is 26.0 Å². The molecule has 1 aromatic carbocycles. The van der Waals surface area contributed by atoms with Crippen LogP contribution < -0.4 is 10.5 Å². The number of sulfonamides is 1. The average molecular weight is 426 g/mol. The molecule has 0 bridgehead atoms. The molecule has 0 saturated carbocycles. The zero-order chi connectivity index (χ0) is 16.5. The van der Waals surface area contributed by atoms with Gasteiger partial charge in [-0.2, -0.15) is 4.98 Å². The smallest absolute Gasteiger partial charge is 0.258 e. The van der Waals surface area contributed by atoms with Gasteiger partial charge >= 0.3 is 0 Å². The Morgan fingerprint density at radius 1 is 1.43 bits per heavy atom. The standard InChI is InChI=1S/C13H17BrN4O3S.ClH/c1-7(16-3)4-12-17-13(21-18-12)10-5-9(14)6-11(8(10)2)22(15,19)20;/h5-7,16H,4H2,1-3H3,(H2,15,19,20);1H. The zero-order valence-corrected chi connectivity index (χ0v) is 16.0. The van der Waals surface area contributed by atoms with Crippen molar-refractivity contribution in [3.05, 3.63) is 28.0 Å². The Balaban J connectivity index is 0.00000264. The minimum absolute atomic E-state index is 0. The van der Waals surface area contributed by atoms with E-state index >= 15 is 0 Å². The predicted octanol–water partition coefficient (Wildman–Crippen LogP) is 2.03. The molecule has 7 nitrogen and oxygen atoms in total. The van der Waals surface area contributed by atoms with E-state index in [0.717, 1.165) is 0 Å². The second-order valence-electron chi connectivity index (χ2n) is 5.03. The molecule has 1 heterocycles. The first kappa shape index (κ1) is 20.0. The molecule has 0 aliphatic carbocycles. The van der Waals surface area contributed by atoms with Gasteiger partial charge in [0.1, 0.15) is 0 Å². The molecule has 0 fully saturated rings. The van der Waals surface area contributed by atoms with Gasteiger partial charge < -0.3 is 9.84 Å². The number of likely N-dealkylation sites (N-methyl/N-ethyl adjacent to an activating group) is 1. The Morgan fingerprint density at radius 2 is 2.09 bits per heavy atom. The topological polar surface area (TPSA) is 111 Å². The first-order valence-corrected chi connectivity index (χ1v) is 8.89. The maximum atomic E-state index is 11.7. The first-order chi connectivity index (χ1) is 10.2. The number of hydrogen-bond donors (Lipinski definition) is 2. The molecule has 0 spiro atoms. The highest BCUT2D eigenvalue weighted by Gasteiger charge is 2.20. The summed E-state index contributed by atoms with van der Waals surface area (Å²) >= 11 is 3.28. The molecule has 0 amide bonds. The molecule has 10 heteroatoms. The third-order valence-corrected chi connectivity index (χ3v) is 4.81. The number of aromatic nitrogens is 2. The fourth-order valence-electron chi connectivity index (χ4n) is 1.99. The summed E-state index contributed by atoms with van der Waals surface area (Å²) in [6.45, 7) is 3.65. The number of hydrogen-bond acceptors (Lipinski definition) is 6. The fraction of sp³-hybridized carbons (Fsp3) is 0.385. The molecule has 2 aromatic rings. The van der Waals surface area contributed by atoms with E-state index in [2.05, 4.69) is 31.4 Å². The summed E-state index contributed by atoms with van der Waals surface area (Å²) in [6, 6.07) is 3.38. The third kappa shape index (κ3) is 4.74. The molecule has 0 aliphatic rings. The highest BCUT2D eigenvalue weighted by molar-refractivity contribution is 9.10. The Kier molecular flexibility index (Phi) is 6.72. The SMILES string of the molecule is CNC(C)Cc1noc(-c2cc(Br)cc(S(N)(=O)=O)c2C)n1.Cl. The van der Waals surface area contributed by atoms with Crippen LogP contribution in [0.25, 0.3) is 11.5 Å². The van der Waals surface area contributed by atoms with Crippen molar-refractivity contribution >= 4 is 38.4 Å². The minimum Gasteiger partial charge on any atom is -0.334 e. The van der Waals surface area contributed by atoms with E-state index in [4.69, 9.17) is 9.66 Å². The molecule has 0 aliphatic heterocycles. The van der Waals surface area contributed by atoms with Crippen LogP contribution in [0.2, 0.25) is 0 Å². The maximum Gasteiger partial charge on any atom is 0.258 e. The van der Waals surface area contributed by atoms with E-state index < -0.39 is 10.0 Å². The number of benzene rings is 1. The van der Waals surface area contributed by atoms with Gasteiger partial charge in [0.15, 0.2) is 5.82 Å². The lowest BCUT2D eigenvalue weighted by atomic mass is 10.1. The minimum atomic E-state index is -3.83. The van der Waals surface area contributed by atoms with E-state index in [-0.39, 0.29) is 29.2 Å². The highest BCUT2D eigenvalue weighted by atomic mass is 79.9. The molecule has 2 rings (SSSR count). The van der Waals surface area contributed by atoms with Gasteiger partial charge in [0.2, 0.25) is 10.0 Å². The van der Waals surface area contributed by atoms with Gasteiger partial charge in [-0.25, -0.2) is 13.6 Å². The number of nitrogens with two attached hydrogens (primary N) is 1. The van der Waals surface area contributed by atoms with Crippen LogP contribution in [-0.4, -0.2) is 31.6 Å². The van der Waals surface area contributed by atoms with Gasteiger partial charge in [0.05, 0.1) is 4.90 Å². The Morgan fingerprint density at radius 3 is 2.65 bits per heavy atom. The Labute approximate surface area is 149 Å². The summed E-state index contributed by atoms with van der Waals surface area (Å²) in [5.41, 5.74) is 1.01. The van der Waals surface area contributed by atoms with Crippen molar-refractivity contribution in [1.29, 1.82) is 0 Å². The van der Waals surface area contributed by atoms with Crippen LogP contribution in [0.1, 0.15) is 18.3 Å². The second-order valence-corrected chi connectivity index (χ2v) is 7.48. The lowest BCUT2D eigenvalue weighted by Crippen LogP contribution is -2.24. The van der Waals surface area contributed by atoms with E-state index in [1.165, 1.54) is 6.07 Å². The van der Waals surface area contributed by atoms with Gasteiger partial charge in [0, 0.05) is 22.5 Å². The van der Waals surface area contributed by atoms with Crippen molar-refractivity contribution in [1.82, 2.24) is 15.5 Å². The van der Waals surface area contributed by atoms with Crippen molar-refractivity contribution in [2.75, 3.05) is 7.05 Å². The number of rotatable bonds is 5. The highest BCUT2D eigenvalue weighted by Crippen LogP contribution is 2.30. The monoisotopic (exact) mass is 424 g/mol. The van der Waals surface area contributed by atoms with Crippen molar-refractivity contribution in [3.63, 3.8) is 0 Å². The molecule has 1 aromatic heterocycles. The quantitative estimate of drug-likeness (QED) is 0.758. The van der Waals surface area contributed by atoms with Crippen molar-refractivity contribution < 1.29 is 12.9 Å². The summed E-state index contributed by atoms with van der Waals surface area (Å²) in [5, 5.41) is 12.2. The van der Waals surface area contributed by atoms with Gasteiger partial charge in [-0.15, -0.1) is 12.4 Å². The van der Waals surface area contributed by atoms with Crippen LogP contribution in [-0.2, 0) is 16.4 Å². The summed E-state index contributed by atoms with van der Waals surface area (Å²) in [4.78, 5) is 4.35. The summed E-state index contributed by atoms with van der Waals surface area (Å²) in [6.07, 6.45) is 0.606. The lowest BCUT2D eigenvalue weighted by Gasteiger charge is -2.08. The molecule has 3 N–H and O–H groups in total. The molecule has 0 radical (unpaired) electrons. The van der Waals surface area contributed by atoms with E-state index in [9.17, 15) is 8.42 Å². The Hall–Kier alpha value is -1.00. The predicted molar refractivity (Wildman–Crippen MR) is 93.0 cm³/mol. The van der Waals surface area contributed by atoms with Crippen LogP contribution >= 0.6 is 28.3 Å². The van der Waals surface area contributed by atoms with E-state index in [0.29, 0.717) is 27.8 Å². The van der Waals surface area contributed by atoms with Crippen molar-refractivity contribution in [2.45, 2.75) is 31.2 Å². The maximum absolute atomic E-state index is 11.7. The van der Waals surface area contributed by atoms with Crippen LogP contribution in [0.4, 0.5) is 0 Å². The lowest BCUT2D eigenvalue weighted by molar-refractivity contribution is 0.418. The van der Waals surface area contributed by atoms with Crippen molar-refractivity contribution in [3.8, 4) is 11.5 Å². The number of halogens is 2. The molecule has 1 atom stereocenters. The van der Waals surface area contributed by atoms with Gasteiger partial charge in [-0.05, 0) is 38.6 Å².